The maximum Gasteiger partial charge on any atom is 0.234 e. The quantitative estimate of drug-likeness (QED) is 0.726. The Kier molecular flexibility index (Phi) is 6.21. The smallest absolute Gasteiger partial charge is 0.234 e. The van der Waals surface area contributed by atoms with Crippen LogP contribution in [0.1, 0.15) is 50.0 Å². The Bertz CT molecular complexity index is 823. The van der Waals surface area contributed by atoms with Crippen LogP contribution >= 0.6 is 11.8 Å². The van der Waals surface area contributed by atoms with Crippen LogP contribution in [0.3, 0.4) is 0 Å². The second kappa shape index (κ2) is 8.61. The van der Waals surface area contributed by atoms with Gasteiger partial charge in [0.05, 0.1) is 11.4 Å². The van der Waals surface area contributed by atoms with Crippen LogP contribution in [0.2, 0.25) is 0 Å². The Morgan fingerprint density at radius 3 is 2.30 bits per heavy atom. The van der Waals surface area contributed by atoms with E-state index in [2.05, 4.69) is 27.1 Å². The summed E-state index contributed by atoms with van der Waals surface area (Å²) in [5, 5.41) is 6.54. The number of thioether (sulfide) groups is 1. The number of aryl methyl sites for hydroxylation is 1. The minimum absolute atomic E-state index is 0.0662. The van der Waals surface area contributed by atoms with Crippen molar-refractivity contribution in [1.82, 2.24) is 9.55 Å². The lowest BCUT2D eigenvalue weighted by molar-refractivity contribution is -0.114. The van der Waals surface area contributed by atoms with E-state index in [0.29, 0.717) is 23.2 Å². The molecule has 0 saturated heterocycles. The zero-order valence-electron chi connectivity index (χ0n) is 16.0. The number of amides is 2. The number of imidazole rings is 1. The molecule has 0 unspecified atom stereocenters. The van der Waals surface area contributed by atoms with Crippen molar-refractivity contribution in [3.05, 3.63) is 35.7 Å². The second-order valence-electron chi connectivity index (χ2n) is 6.97. The molecule has 1 aliphatic carbocycles. The van der Waals surface area contributed by atoms with Gasteiger partial charge in [-0.3, -0.25) is 9.59 Å². The largest absolute Gasteiger partial charge is 0.326 e. The average molecular weight is 387 g/mol. The topological polar surface area (TPSA) is 76.0 Å². The van der Waals surface area contributed by atoms with Crippen molar-refractivity contribution >= 4 is 35.0 Å². The van der Waals surface area contributed by atoms with Gasteiger partial charge in [-0.15, -0.1) is 0 Å². The van der Waals surface area contributed by atoms with Crippen molar-refractivity contribution in [3.63, 3.8) is 0 Å². The number of anilines is 2. The van der Waals surface area contributed by atoms with Crippen LogP contribution in [-0.2, 0) is 9.59 Å². The van der Waals surface area contributed by atoms with Gasteiger partial charge in [-0.2, -0.15) is 0 Å². The zero-order chi connectivity index (χ0) is 19.4. The van der Waals surface area contributed by atoms with Gasteiger partial charge in [0.2, 0.25) is 11.8 Å². The van der Waals surface area contributed by atoms with Crippen molar-refractivity contribution in [2.75, 3.05) is 16.4 Å². The number of nitrogens with zero attached hydrogens (tertiary/aromatic N) is 2. The number of hydrogen-bond acceptors (Lipinski definition) is 4. The van der Waals surface area contributed by atoms with Gasteiger partial charge in [0.15, 0.2) is 5.16 Å². The summed E-state index contributed by atoms with van der Waals surface area (Å²) in [6, 6.07) is 7.61. The molecule has 1 aromatic heterocycles. The van der Waals surface area contributed by atoms with E-state index in [4.69, 9.17) is 0 Å². The molecule has 2 N–H and O–H groups in total. The first-order valence-electron chi connectivity index (χ1n) is 9.30. The average Bonchev–Trinajstić information content (AvgIpc) is 3.23. The van der Waals surface area contributed by atoms with Gasteiger partial charge in [-0.25, -0.2) is 4.98 Å². The molecule has 6 nitrogen and oxygen atoms in total. The van der Waals surface area contributed by atoms with Crippen molar-refractivity contribution in [2.45, 2.75) is 57.7 Å². The fourth-order valence-electron chi connectivity index (χ4n) is 3.46. The van der Waals surface area contributed by atoms with Crippen LogP contribution in [0, 0.1) is 13.8 Å². The molecule has 0 aliphatic heterocycles. The summed E-state index contributed by atoms with van der Waals surface area (Å²) in [5.41, 5.74) is 3.66. The molecule has 1 saturated carbocycles. The summed E-state index contributed by atoms with van der Waals surface area (Å²) in [6.07, 6.45) is 4.91. The molecule has 27 heavy (non-hydrogen) atoms. The number of carbonyl (C=O) groups excluding carboxylic acids is 2. The zero-order valence-corrected chi connectivity index (χ0v) is 16.9. The Balaban J connectivity index is 1.59. The molecule has 0 spiro atoms. The first-order valence-corrected chi connectivity index (χ1v) is 10.3. The standard InChI is InChI=1S/C20H26N4O2S/c1-13-14(2)24(18-6-4-5-7-18)20(21-13)27-12-19(26)23-17-10-8-16(9-11-17)22-15(3)25/h8-11,18H,4-7,12H2,1-3H3,(H,22,25)(H,23,26). The fraction of sp³-hybridized carbons (Fsp3) is 0.450. The molecule has 1 aromatic carbocycles. The molecule has 2 aromatic rings. The van der Waals surface area contributed by atoms with E-state index in [1.807, 2.05) is 6.92 Å². The number of rotatable bonds is 6. The lowest BCUT2D eigenvalue weighted by Crippen LogP contribution is -2.15. The number of aromatic nitrogens is 2. The van der Waals surface area contributed by atoms with E-state index in [-0.39, 0.29) is 11.8 Å². The Labute approximate surface area is 164 Å². The van der Waals surface area contributed by atoms with Gasteiger partial charge in [0, 0.05) is 30.0 Å². The maximum atomic E-state index is 12.3. The maximum absolute atomic E-state index is 12.3. The minimum atomic E-state index is -0.119. The first-order chi connectivity index (χ1) is 12.9. The Morgan fingerprint density at radius 1 is 1.11 bits per heavy atom. The third kappa shape index (κ3) is 4.91. The van der Waals surface area contributed by atoms with E-state index >= 15 is 0 Å². The predicted octanol–water partition coefficient (Wildman–Crippen LogP) is 4.30. The van der Waals surface area contributed by atoms with Crippen LogP contribution in [0.5, 0.6) is 0 Å². The van der Waals surface area contributed by atoms with Gasteiger partial charge in [0.1, 0.15) is 0 Å². The van der Waals surface area contributed by atoms with Gasteiger partial charge in [-0.1, -0.05) is 24.6 Å². The molecule has 1 aliphatic rings. The summed E-state index contributed by atoms with van der Waals surface area (Å²) in [5.74, 6) is 0.130. The summed E-state index contributed by atoms with van der Waals surface area (Å²) in [4.78, 5) is 28.1. The molecule has 2 amide bonds. The lowest BCUT2D eigenvalue weighted by Gasteiger charge is -2.16. The van der Waals surface area contributed by atoms with Crippen molar-refractivity contribution in [3.8, 4) is 0 Å². The third-order valence-electron chi connectivity index (χ3n) is 4.87. The van der Waals surface area contributed by atoms with Crippen molar-refractivity contribution in [2.24, 2.45) is 0 Å². The van der Waals surface area contributed by atoms with E-state index in [1.54, 1.807) is 24.3 Å². The molecule has 1 fully saturated rings. The monoisotopic (exact) mass is 386 g/mol. The van der Waals surface area contributed by atoms with Gasteiger partial charge in [0.25, 0.3) is 0 Å². The Morgan fingerprint density at radius 2 is 1.70 bits per heavy atom. The van der Waals surface area contributed by atoms with Crippen molar-refractivity contribution in [1.29, 1.82) is 0 Å². The first kappa shape index (κ1) is 19.5. The molecular formula is C20H26N4O2S. The van der Waals surface area contributed by atoms with E-state index < -0.39 is 0 Å². The molecule has 7 heteroatoms. The molecule has 144 valence electrons. The third-order valence-corrected chi connectivity index (χ3v) is 5.82. The van der Waals surface area contributed by atoms with Crippen LogP contribution in [0.25, 0.3) is 0 Å². The summed E-state index contributed by atoms with van der Waals surface area (Å²) >= 11 is 1.49. The van der Waals surface area contributed by atoms with E-state index in [0.717, 1.165) is 10.9 Å². The minimum Gasteiger partial charge on any atom is -0.326 e. The molecule has 0 bridgehead atoms. The molecular weight excluding hydrogens is 360 g/mol. The molecule has 1 heterocycles. The number of hydrogen-bond donors (Lipinski definition) is 2. The van der Waals surface area contributed by atoms with Gasteiger partial charge in [-0.05, 0) is 51.0 Å². The molecule has 3 rings (SSSR count). The van der Waals surface area contributed by atoms with Crippen LogP contribution in [0.4, 0.5) is 11.4 Å². The summed E-state index contributed by atoms with van der Waals surface area (Å²) in [7, 11) is 0. The summed E-state index contributed by atoms with van der Waals surface area (Å²) in [6.45, 7) is 5.61. The fourth-order valence-corrected chi connectivity index (χ4v) is 4.42. The number of nitrogens with one attached hydrogen (secondary N) is 2. The van der Waals surface area contributed by atoms with Crippen LogP contribution in [-0.4, -0.2) is 27.1 Å². The van der Waals surface area contributed by atoms with E-state index in [9.17, 15) is 9.59 Å². The van der Waals surface area contributed by atoms with Crippen LogP contribution in [0.15, 0.2) is 29.4 Å². The predicted molar refractivity (Wildman–Crippen MR) is 109 cm³/mol. The second-order valence-corrected chi connectivity index (χ2v) is 7.91. The molecule has 0 radical (unpaired) electrons. The van der Waals surface area contributed by atoms with Gasteiger partial charge >= 0.3 is 0 Å². The van der Waals surface area contributed by atoms with Gasteiger partial charge < -0.3 is 15.2 Å². The normalized spacial score (nSPS) is 14.3. The van der Waals surface area contributed by atoms with E-state index in [1.165, 1.54) is 50.1 Å². The highest BCUT2D eigenvalue weighted by Gasteiger charge is 2.23. The SMILES string of the molecule is CC(=O)Nc1ccc(NC(=O)CSc2nc(C)c(C)n2C2CCCC2)cc1. The number of carbonyl (C=O) groups is 2. The lowest BCUT2D eigenvalue weighted by atomic mass is 10.2. The highest BCUT2D eigenvalue weighted by atomic mass is 32.2. The Hall–Kier alpha value is -2.28. The highest BCUT2D eigenvalue weighted by Crippen LogP contribution is 2.35. The number of benzene rings is 1. The summed E-state index contributed by atoms with van der Waals surface area (Å²) < 4.78 is 2.32. The van der Waals surface area contributed by atoms with Crippen molar-refractivity contribution < 1.29 is 9.59 Å². The highest BCUT2D eigenvalue weighted by molar-refractivity contribution is 7.99. The molecule has 0 atom stereocenters. The van der Waals surface area contributed by atoms with Crippen LogP contribution < -0.4 is 10.6 Å².